The maximum absolute atomic E-state index is 5.66. The molecule has 1 N–H and O–H groups in total. The van der Waals surface area contributed by atoms with E-state index in [1.54, 1.807) is 11.8 Å². The van der Waals surface area contributed by atoms with Crippen molar-refractivity contribution >= 4 is 17.4 Å². The van der Waals surface area contributed by atoms with Gasteiger partial charge in [0, 0.05) is 17.5 Å². The van der Waals surface area contributed by atoms with Crippen LogP contribution in [0.25, 0.3) is 0 Å². The molecule has 0 bridgehead atoms. The van der Waals surface area contributed by atoms with Crippen molar-refractivity contribution in [2.45, 2.75) is 37.2 Å². The summed E-state index contributed by atoms with van der Waals surface area (Å²) in [6, 6.07) is 8.55. The molecule has 19 heavy (non-hydrogen) atoms. The van der Waals surface area contributed by atoms with Gasteiger partial charge in [0.05, 0.1) is 5.69 Å². The van der Waals surface area contributed by atoms with Gasteiger partial charge in [-0.2, -0.15) is 0 Å². The summed E-state index contributed by atoms with van der Waals surface area (Å²) >= 11 is 1.74. The van der Waals surface area contributed by atoms with E-state index in [4.69, 9.17) is 4.42 Å². The number of rotatable bonds is 2. The molecule has 0 amide bonds. The molecule has 2 aromatic rings. The summed E-state index contributed by atoms with van der Waals surface area (Å²) in [6.45, 7) is 4.92. The molecule has 0 aliphatic carbocycles. The van der Waals surface area contributed by atoms with E-state index in [1.807, 2.05) is 13.8 Å². The van der Waals surface area contributed by atoms with Crippen LogP contribution in [0, 0.1) is 13.8 Å². The molecule has 2 heterocycles. The Morgan fingerprint density at radius 2 is 2.16 bits per heavy atom. The van der Waals surface area contributed by atoms with Gasteiger partial charge in [-0.1, -0.05) is 30.0 Å². The smallest absolute Gasteiger partial charge is 0.256 e. The molecule has 0 saturated heterocycles. The summed E-state index contributed by atoms with van der Waals surface area (Å²) in [6.07, 6.45) is 2.26. The highest BCUT2D eigenvalue weighted by Gasteiger charge is 2.19. The first-order chi connectivity index (χ1) is 9.22. The van der Waals surface area contributed by atoms with E-state index in [0.29, 0.717) is 5.25 Å². The van der Waals surface area contributed by atoms with E-state index in [-0.39, 0.29) is 0 Å². The number of hydrogen-bond acceptors (Lipinski definition) is 4. The van der Waals surface area contributed by atoms with Crippen LogP contribution in [0.4, 0.5) is 5.69 Å². The molecule has 0 spiro atoms. The molecule has 1 aliphatic heterocycles. The maximum atomic E-state index is 5.66. The molecule has 1 unspecified atom stereocenters. The first kappa shape index (κ1) is 12.6. The lowest BCUT2D eigenvalue weighted by Crippen LogP contribution is -2.14. The van der Waals surface area contributed by atoms with E-state index in [9.17, 15) is 0 Å². The molecule has 1 aliphatic rings. The third-order valence-corrected chi connectivity index (χ3v) is 4.66. The fourth-order valence-corrected chi connectivity index (χ4v) is 3.34. The van der Waals surface area contributed by atoms with Gasteiger partial charge in [-0.15, -0.1) is 0 Å². The number of thioether (sulfide) groups is 1. The molecule has 0 saturated carbocycles. The van der Waals surface area contributed by atoms with Crippen LogP contribution in [-0.2, 0) is 6.42 Å². The molecule has 1 aromatic carbocycles. The summed E-state index contributed by atoms with van der Waals surface area (Å²) in [7, 11) is 0. The predicted octanol–water partition coefficient (Wildman–Crippen LogP) is 3.81. The van der Waals surface area contributed by atoms with Crippen molar-refractivity contribution in [3.8, 4) is 0 Å². The van der Waals surface area contributed by atoms with Crippen LogP contribution in [0.3, 0.4) is 0 Å². The van der Waals surface area contributed by atoms with Crippen molar-refractivity contribution in [1.82, 2.24) is 4.98 Å². The lowest BCUT2D eigenvalue weighted by Gasteiger charge is -2.11. The molecule has 3 nitrogen and oxygen atoms in total. The Balaban J connectivity index is 1.69. The first-order valence-electron chi connectivity index (χ1n) is 6.65. The van der Waals surface area contributed by atoms with E-state index in [2.05, 4.69) is 34.6 Å². The second-order valence-corrected chi connectivity index (χ2v) is 6.19. The second kappa shape index (κ2) is 5.29. The Labute approximate surface area is 117 Å². The fourth-order valence-electron chi connectivity index (χ4n) is 2.29. The predicted molar refractivity (Wildman–Crippen MR) is 78.9 cm³/mol. The number of aromatic nitrogens is 1. The van der Waals surface area contributed by atoms with Gasteiger partial charge < -0.3 is 9.73 Å². The number of nitrogens with zero attached hydrogens (tertiary/aromatic N) is 1. The number of aryl methyl sites for hydroxylation is 3. The van der Waals surface area contributed by atoms with E-state index in [0.717, 1.165) is 36.1 Å². The zero-order valence-corrected chi connectivity index (χ0v) is 12.1. The number of fused-ring (bicyclic) bond motifs is 1. The Hall–Kier alpha value is -1.42. The largest absolute Gasteiger partial charge is 0.437 e. The van der Waals surface area contributed by atoms with Crippen molar-refractivity contribution in [2.75, 3.05) is 11.9 Å². The molecule has 0 fully saturated rings. The molecule has 1 aromatic heterocycles. The summed E-state index contributed by atoms with van der Waals surface area (Å²) in [4.78, 5) is 4.45. The van der Waals surface area contributed by atoms with Gasteiger partial charge in [0.2, 0.25) is 0 Å². The van der Waals surface area contributed by atoms with Crippen LogP contribution in [-0.4, -0.2) is 16.8 Å². The lowest BCUT2D eigenvalue weighted by molar-refractivity contribution is 0.430. The van der Waals surface area contributed by atoms with Crippen molar-refractivity contribution < 1.29 is 4.42 Å². The zero-order valence-electron chi connectivity index (χ0n) is 11.3. The van der Waals surface area contributed by atoms with Gasteiger partial charge in [-0.3, -0.25) is 0 Å². The highest BCUT2D eigenvalue weighted by atomic mass is 32.2. The van der Waals surface area contributed by atoms with Crippen LogP contribution in [0.2, 0.25) is 0 Å². The van der Waals surface area contributed by atoms with Crippen molar-refractivity contribution in [2.24, 2.45) is 0 Å². The van der Waals surface area contributed by atoms with E-state index < -0.39 is 0 Å². The monoisotopic (exact) mass is 274 g/mol. The number of hydrogen-bond donors (Lipinski definition) is 1. The minimum Gasteiger partial charge on any atom is -0.437 e. The minimum atomic E-state index is 0.504. The van der Waals surface area contributed by atoms with Gasteiger partial charge in [0.15, 0.2) is 0 Å². The standard InChI is InChI=1S/C15H18N2OS/c1-10-11(2)18-15(17-10)19-13-8-7-12-5-3-4-6-14(12)16-9-13/h3-6,13,16H,7-9H2,1-2H3. The molecule has 0 radical (unpaired) electrons. The van der Waals surface area contributed by atoms with E-state index >= 15 is 0 Å². The Morgan fingerprint density at radius 1 is 1.32 bits per heavy atom. The van der Waals surface area contributed by atoms with Crippen LogP contribution in [0.1, 0.15) is 23.4 Å². The number of benzene rings is 1. The molecule has 100 valence electrons. The third-order valence-electron chi connectivity index (χ3n) is 3.55. The van der Waals surface area contributed by atoms with Gasteiger partial charge >= 0.3 is 0 Å². The minimum absolute atomic E-state index is 0.504. The lowest BCUT2D eigenvalue weighted by atomic mass is 10.1. The average molecular weight is 274 g/mol. The Morgan fingerprint density at radius 3 is 2.95 bits per heavy atom. The number of anilines is 1. The number of oxazole rings is 1. The van der Waals surface area contributed by atoms with Crippen molar-refractivity contribution in [1.29, 1.82) is 0 Å². The van der Waals surface area contributed by atoms with Gasteiger partial charge in [-0.25, -0.2) is 4.98 Å². The number of nitrogens with one attached hydrogen (secondary N) is 1. The zero-order chi connectivity index (χ0) is 13.2. The fraction of sp³-hybridized carbons (Fsp3) is 0.400. The Bertz CT molecular complexity index is 533. The van der Waals surface area contributed by atoms with Crippen LogP contribution in [0.15, 0.2) is 33.9 Å². The average Bonchev–Trinajstić information content (AvgIpc) is 2.62. The van der Waals surface area contributed by atoms with Crippen LogP contribution in [0.5, 0.6) is 0 Å². The van der Waals surface area contributed by atoms with Crippen LogP contribution < -0.4 is 5.32 Å². The Kier molecular flexibility index (Phi) is 3.51. The SMILES string of the molecule is Cc1nc(SC2CCc3ccccc3NC2)oc1C. The highest BCUT2D eigenvalue weighted by molar-refractivity contribution is 7.99. The topological polar surface area (TPSA) is 38.1 Å². The van der Waals surface area contributed by atoms with Crippen LogP contribution >= 0.6 is 11.8 Å². The number of para-hydroxylation sites is 1. The molecular weight excluding hydrogens is 256 g/mol. The van der Waals surface area contributed by atoms with Gasteiger partial charge in [0.1, 0.15) is 5.76 Å². The summed E-state index contributed by atoms with van der Waals surface area (Å²) in [5, 5.41) is 4.83. The van der Waals surface area contributed by atoms with Crippen molar-refractivity contribution in [3.05, 3.63) is 41.3 Å². The molecule has 1 atom stereocenters. The molecule has 3 rings (SSSR count). The van der Waals surface area contributed by atoms with Crippen molar-refractivity contribution in [3.63, 3.8) is 0 Å². The molecule has 4 heteroatoms. The summed E-state index contributed by atoms with van der Waals surface area (Å²) in [5.41, 5.74) is 3.67. The molecular formula is C15H18N2OS. The summed E-state index contributed by atoms with van der Waals surface area (Å²) < 4.78 is 5.66. The van der Waals surface area contributed by atoms with Gasteiger partial charge in [0.25, 0.3) is 5.22 Å². The summed E-state index contributed by atoms with van der Waals surface area (Å²) in [5.74, 6) is 0.923. The second-order valence-electron chi connectivity index (χ2n) is 4.94. The first-order valence-corrected chi connectivity index (χ1v) is 7.53. The highest BCUT2D eigenvalue weighted by Crippen LogP contribution is 2.31. The quantitative estimate of drug-likeness (QED) is 0.903. The van der Waals surface area contributed by atoms with E-state index in [1.165, 1.54) is 11.3 Å². The van der Waals surface area contributed by atoms with Gasteiger partial charge in [-0.05, 0) is 38.3 Å². The third kappa shape index (κ3) is 2.78. The normalized spacial score (nSPS) is 18.5. The maximum Gasteiger partial charge on any atom is 0.256 e.